The molecule has 0 radical (unpaired) electrons. The lowest BCUT2D eigenvalue weighted by atomic mass is 10.6. The molecule has 1 aromatic heterocycles. The lowest BCUT2D eigenvalue weighted by molar-refractivity contribution is 0.254. The highest BCUT2D eigenvalue weighted by molar-refractivity contribution is 6.25. The van der Waals surface area contributed by atoms with E-state index < -0.39 is 0 Å². The van der Waals surface area contributed by atoms with Gasteiger partial charge in [-0.25, -0.2) is 9.48 Å². The Balaban J connectivity index is 2.15. The number of nitrogens with one attached hydrogen (secondary N) is 2. The Labute approximate surface area is 85.9 Å². The van der Waals surface area contributed by atoms with Crippen LogP contribution in [0.1, 0.15) is 0 Å². The minimum absolute atomic E-state index is 0.289. The summed E-state index contributed by atoms with van der Waals surface area (Å²) in [6, 6.07) is 1.44. The van der Waals surface area contributed by atoms with Gasteiger partial charge in [-0.2, -0.15) is 5.10 Å². The summed E-state index contributed by atoms with van der Waals surface area (Å²) >= 11 is 5.87. The Morgan fingerprint density at radius 2 is 2.43 bits per heavy atom. The number of halogens is 1. The molecular weight excluding hydrogens is 206 g/mol. The van der Waals surface area contributed by atoms with Crippen LogP contribution in [0.15, 0.2) is 6.07 Å². The first kappa shape index (κ1) is 9.14. The van der Waals surface area contributed by atoms with E-state index in [-0.39, 0.29) is 6.03 Å². The molecule has 1 aliphatic rings. The van der Waals surface area contributed by atoms with Crippen molar-refractivity contribution in [3.63, 3.8) is 0 Å². The van der Waals surface area contributed by atoms with Crippen LogP contribution in [0.4, 0.5) is 16.4 Å². The number of carbonyl (C=O) groups excluding carboxylic acids is 1. The molecule has 2 rings (SSSR count). The van der Waals surface area contributed by atoms with E-state index in [1.165, 1.54) is 0 Å². The van der Waals surface area contributed by atoms with Gasteiger partial charge in [0.2, 0.25) is 0 Å². The van der Waals surface area contributed by atoms with Crippen LogP contribution in [0.3, 0.4) is 0 Å². The molecule has 1 aromatic rings. The fourth-order valence-electron chi connectivity index (χ4n) is 1.30. The molecule has 7 heteroatoms. The largest absolute Gasteiger partial charge is 0.341 e. The van der Waals surface area contributed by atoms with Crippen molar-refractivity contribution >= 4 is 29.4 Å². The maximum Gasteiger partial charge on any atom is 0.320 e. The third-order valence-corrected chi connectivity index (χ3v) is 2.33. The maximum atomic E-state index is 11.0. The molecule has 0 bridgehead atoms. The first-order valence-corrected chi connectivity index (χ1v) is 4.54. The molecule has 2 heterocycles. The van der Waals surface area contributed by atoms with E-state index >= 15 is 0 Å². The molecule has 0 unspecified atom stereocenters. The van der Waals surface area contributed by atoms with Gasteiger partial charge in [-0.1, -0.05) is 0 Å². The molecule has 2 amide bonds. The van der Waals surface area contributed by atoms with Gasteiger partial charge in [0.25, 0.3) is 0 Å². The lowest BCUT2D eigenvalue weighted by Gasteiger charge is -2.02. The van der Waals surface area contributed by atoms with Crippen LogP contribution in [0.5, 0.6) is 0 Å². The summed E-state index contributed by atoms with van der Waals surface area (Å²) in [4.78, 5) is 11.0. The lowest BCUT2D eigenvalue weighted by Crippen LogP contribution is -2.24. The minimum Gasteiger partial charge on any atom is -0.341 e. The number of amides is 2. The second-order valence-corrected chi connectivity index (χ2v) is 3.31. The predicted molar refractivity (Wildman–Crippen MR) is 53.5 cm³/mol. The number of aromatic nitrogens is 2. The van der Waals surface area contributed by atoms with Gasteiger partial charge in [-0.3, -0.25) is 9.74 Å². The molecule has 0 fully saturated rings. The Morgan fingerprint density at radius 3 is 3.07 bits per heavy atom. The second kappa shape index (κ2) is 3.38. The van der Waals surface area contributed by atoms with Gasteiger partial charge in [-0.15, -0.1) is 0 Å². The van der Waals surface area contributed by atoms with Crippen LogP contribution in [0.25, 0.3) is 0 Å². The van der Waals surface area contributed by atoms with Crippen molar-refractivity contribution in [2.75, 3.05) is 23.3 Å². The number of rotatable bonds is 1. The SMILES string of the molecule is CNC(=O)Nc1cc2n(n1)CCN2Cl. The molecule has 0 atom stereocenters. The smallest absolute Gasteiger partial charge is 0.320 e. The first-order valence-electron chi connectivity index (χ1n) is 4.20. The molecule has 6 nitrogen and oxygen atoms in total. The Morgan fingerprint density at radius 1 is 1.64 bits per heavy atom. The zero-order chi connectivity index (χ0) is 10.1. The maximum absolute atomic E-state index is 11.0. The van der Waals surface area contributed by atoms with Crippen molar-refractivity contribution < 1.29 is 4.79 Å². The fraction of sp³-hybridized carbons (Fsp3) is 0.429. The summed E-state index contributed by atoms with van der Waals surface area (Å²) in [6.07, 6.45) is 0. The van der Waals surface area contributed by atoms with E-state index in [1.54, 1.807) is 22.2 Å². The third-order valence-electron chi connectivity index (χ3n) is 1.98. The minimum atomic E-state index is -0.289. The molecule has 0 spiro atoms. The van der Waals surface area contributed by atoms with Gasteiger partial charge in [0.1, 0.15) is 5.82 Å². The quantitative estimate of drug-likeness (QED) is 0.675. The summed E-state index contributed by atoms with van der Waals surface area (Å²) in [6.45, 7) is 1.48. The zero-order valence-corrected chi connectivity index (χ0v) is 8.38. The van der Waals surface area contributed by atoms with Crippen molar-refractivity contribution in [1.82, 2.24) is 15.1 Å². The van der Waals surface area contributed by atoms with Crippen molar-refractivity contribution in [2.24, 2.45) is 0 Å². The summed E-state index contributed by atoms with van der Waals surface area (Å²) in [5.41, 5.74) is 0. The number of hydrogen-bond donors (Lipinski definition) is 2. The van der Waals surface area contributed by atoms with E-state index in [0.29, 0.717) is 5.82 Å². The van der Waals surface area contributed by atoms with E-state index in [4.69, 9.17) is 11.8 Å². The van der Waals surface area contributed by atoms with Gasteiger partial charge in [0, 0.05) is 24.9 Å². The molecule has 14 heavy (non-hydrogen) atoms. The molecule has 2 N–H and O–H groups in total. The zero-order valence-electron chi connectivity index (χ0n) is 7.62. The molecule has 0 aromatic carbocycles. The highest BCUT2D eigenvalue weighted by atomic mass is 35.5. The Hall–Kier alpha value is -1.43. The number of urea groups is 1. The average molecular weight is 216 g/mol. The van der Waals surface area contributed by atoms with Crippen LogP contribution in [-0.2, 0) is 6.54 Å². The number of hydrogen-bond acceptors (Lipinski definition) is 3. The van der Waals surface area contributed by atoms with Gasteiger partial charge < -0.3 is 5.32 Å². The Kier molecular flexibility index (Phi) is 2.20. The van der Waals surface area contributed by atoms with Crippen LogP contribution in [0.2, 0.25) is 0 Å². The van der Waals surface area contributed by atoms with Gasteiger partial charge in [0.05, 0.1) is 13.1 Å². The van der Waals surface area contributed by atoms with E-state index in [2.05, 4.69) is 15.7 Å². The van der Waals surface area contributed by atoms with Crippen molar-refractivity contribution in [1.29, 1.82) is 0 Å². The molecule has 1 aliphatic heterocycles. The molecule has 0 saturated heterocycles. The standard InChI is InChI=1S/C7H10ClN5O/c1-9-7(14)10-5-4-6-12(8)2-3-13(6)11-5/h4H,2-3H2,1H3,(H2,9,10,11,14). The highest BCUT2D eigenvalue weighted by Crippen LogP contribution is 2.25. The average Bonchev–Trinajstić information content (AvgIpc) is 2.69. The van der Waals surface area contributed by atoms with E-state index in [1.807, 2.05) is 0 Å². The Bertz CT molecular complexity index is 363. The van der Waals surface area contributed by atoms with Crippen LogP contribution >= 0.6 is 11.8 Å². The number of carbonyl (C=O) groups is 1. The fourth-order valence-corrected chi connectivity index (χ4v) is 1.52. The summed E-state index contributed by atoms with van der Waals surface area (Å²) in [5, 5.41) is 9.17. The number of anilines is 2. The highest BCUT2D eigenvalue weighted by Gasteiger charge is 2.20. The monoisotopic (exact) mass is 215 g/mol. The van der Waals surface area contributed by atoms with Crippen LogP contribution in [-0.4, -0.2) is 29.4 Å². The topological polar surface area (TPSA) is 62.2 Å². The van der Waals surface area contributed by atoms with E-state index in [9.17, 15) is 4.79 Å². The van der Waals surface area contributed by atoms with Gasteiger partial charge in [0.15, 0.2) is 5.82 Å². The summed E-state index contributed by atoms with van der Waals surface area (Å²) < 4.78 is 3.32. The molecule has 0 saturated carbocycles. The number of fused-ring (bicyclic) bond motifs is 1. The summed E-state index contributed by atoms with van der Waals surface area (Å²) in [5.74, 6) is 1.31. The van der Waals surface area contributed by atoms with Crippen LogP contribution in [0, 0.1) is 0 Å². The van der Waals surface area contributed by atoms with E-state index in [0.717, 1.165) is 18.9 Å². The number of nitrogens with zero attached hydrogens (tertiary/aromatic N) is 3. The van der Waals surface area contributed by atoms with Gasteiger partial charge in [-0.05, 0) is 0 Å². The van der Waals surface area contributed by atoms with Crippen molar-refractivity contribution in [3.05, 3.63) is 6.07 Å². The molecule has 0 aliphatic carbocycles. The molecular formula is C7H10ClN5O. The molecule has 76 valence electrons. The third kappa shape index (κ3) is 1.48. The normalized spacial score (nSPS) is 14.0. The van der Waals surface area contributed by atoms with Gasteiger partial charge >= 0.3 is 6.03 Å². The van der Waals surface area contributed by atoms with Crippen LogP contribution < -0.4 is 15.1 Å². The van der Waals surface area contributed by atoms with Crippen molar-refractivity contribution in [2.45, 2.75) is 6.54 Å². The first-order chi connectivity index (χ1) is 6.70. The summed E-state index contributed by atoms with van der Waals surface area (Å²) in [7, 11) is 1.55. The predicted octanol–water partition coefficient (Wildman–Crippen LogP) is 0.608. The van der Waals surface area contributed by atoms with Crippen molar-refractivity contribution in [3.8, 4) is 0 Å². The second-order valence-electron chi connectivity index (χ2n) is 2.90.